The van der Waals surface area contributed by atoms with Crippen molar-refractivity contribution in [2.75, 3.05) is 20.3 Å². The summed E-state index contributed by atoms with van der Waals surface area (Å²) in [6, 6.07) is 0.265. The molecule has 0 aromatic heterocycles. The number of hydrogen-bond donors (Lipinski definition) is 0. The Bertz CT molecular complexity index is 207. The van der Waals surface area contributed by atoms with Crippen LogP contribution in [0, 0.1) is 0 Å². The number of likely N-dealkylation sites (tertiary alicyclic amines) is 1. The second kappa shape index (κ2) is 3.54. The predicted molar refractivity (Wildman–Crippen MR) is 46.5 cm³/mol. The highest BCUT2D eigenvalue weighted by Crippen LogP contribution is 2.28. The van der Waals surface area contributed by atoms with E-state index in [1.54, 1.807) is 4.90 Å². The highest BCUT2D eigenvalue weighted by molar-refractivity contribution is 5.68. The Balaban J connectivity index is 2.05. The highest BCUT2D eigenvalue weighted by Gasteiger charge is 2.38. The summed E-state index contributed by atoms with van der Waals surface area (Å²) in [5.74, 6) is 0. The van der Waals surface area contributed by atoms with Gasteiger partial charge in [-0.1, -0.05) is 0 Å². The standard InChI is InChI=1S/C9H15NO3/c1-12-9(11)10-5-2-3-8-7(10)4-6-13-8/h7-8H,2-6H2,1H3/t7-,8-/m1/s1. The molecular weight excluding hydrogens is 170 g/mol. The van der Waals surface area contributed by atoms with Crippen molar-refractivity contribution in [3.8, 4) is 0 Å². The topological polar surface area (TPSA) is 38.8 Å². The number of methoxy groups -OCH3 is 1. The van der Waals surface area contributed by atoms with Gasteiger partial charge in [-0.2, -0.15) is 0 Å². The van der Waals surface area contributed by atoms with E-state index in [4.69, 9.17) is 9.47 Å². The van der Waals surface area contributed by atoms with Crippen molar-refractivity contribution in [1.82, 2.24) is 4.90 Å². The molecule has 0 aliphatic carbocycles. The fourth-order valence-corrected chi connectivity index (χ4v) is 2.24. The molecule has 0 radical (unpaired) electrons. The van der Waals surface area contributed by atoms with Crippen LogP contribution in [0.15, 0.2) is 0 Å². The lowest BCUT2D eigenvalue weighted by Crippen LogP contribution is -2.48. The Hall–Kier alpha value is -0.770. The maximum Gasteiger partial charge on any atom is 0.409 e. The molecule has 13 heavy (non-hydrogen) atoms. The zero-order valence-corrected chi connectivity index (χ0v) is 7.86. The van der Waals surface area contributed by atoms with Crippen LogP contribution in [0.3, 0.4) is 0 Å². The van der Waals surface area contributed by atoms with E-state index < -0.39 is 0 Å². The van der Waals surface area contributed by atoms with Crippen molar-refractivity contribution >= 4 is 6.09 Å². The molecule has 2 atom stereocenters. The first kappa shape index (κ1) is 8.81. The molecule has 0 N–H and O–H groups in total. The van der Waals surface area contributed by atoms with E-state index in [2.05, 4.69) is 0 Å². The Morgan fingerprint density at radius 2 is 2.38 bits per heavy atom. The number of carbonyl (C=O) groups is 1. The highest BCUT2D eigenvalue weighted by atomic mass is 16.5. The normalized spacial score (nSPS) is 32.8. The number of carbonyl (C=O) groups excluding carboxylic acids is 1. The van der Waals surface area contributed by atoms with Gasteiger partial charge in [0.2, 0.25) is 0 Å². The van der Waals surface area contributed by atoms with Gasteiger partial charge >= 0.3 is 6.09 Å². The van der Waals surface area contributed by atoms with Gasteiger partial charge in [-0.25, -0.2) is 4.79 Å². The molecule has 0 spiro atoms. The lowest BCUT2D eigenvalue weighted by atomic mass is 9.99. The minimum atomic E-state index is -0.208. The predicted octanol–water partition coefficient (Wildman–Crippen LogP) is 1.01. The van der Waals surface area contributed by atoms with Gasteiger partial charge < -0.3 is 14.4 Å². The molecule has 4 heteroatoms. The third-order valence-electron chi connectivity index (χ3n) is 2.87. The molecule has 2 fully saturated rings. The third kappa shape index (κ3) is 1.50. The molecular formula is C9H15NO3. The van der Waals surface area contributed by atoms with E-state index >= 15 is 0 Å². The van der Waals surface area contributed by atoms with Crippen LogP contribution in [0.2, 0.25) is 0 Å². The lowest BCUT2D eigenvalue weighted by Gasteiger charge is -2.35. The number of nitrogens with zero attached hydrogens (tertiary/aromatic N) is 1. The zero-order valence-electron chi connectivity index (χ0n) is 7.86. The van der Waals surface area contributed by atoms with Gasteiger partial charge in [0.1, 0.15) is 0 Å². The molecule has 2 rings (SSSR count). The van der Waals surface area contributed by atoms with Crippen LogP contribution in [0.4, 0.5) is 4.79 Å². The quantitative estimate of drug-likeness (QED) is 0.565. The molecule has 0 saturated carbocycles. The molecule has 0 aromatic rings. The molecule has 2 aliphatic rings. The Morgan fingerprint density at radius 1 is 1.54 bits per heavy atom. The number of piperidine rings is 1. The molecule has 2 saturated heterocycles. The number of amides is 1. The SMILES string of the molecule is COC(=O)N1CCC[C@H]2OCC[C@H]21. The summed E-state index contributed by atoms with van der Waals surface area (Å²) in [6.45, 7) is 1.60. The van der Waals surface area contributed by atoms with E-state index in [-0.39, 0.29) is 18.2 Å². The van der Waals surface area contributed by atoms with Crippen molar-refractivity contribution in [2.24, 2.45) is 0 Å². The van der Waals surface area contributed by atoms with Crippen molar-refractivity contribution in [3.63, 3.8) is 0 Å². The summed E-state index contributed by atoms with van der Waals surface area (Å²) in [5.41, 5.74) is 0. The second-order valence-corrected chi connectivity index (χ2v) is 3.57. The Kier molecular flexibility index (Phi) is 2.40. The summed E-state index contributed by atoms with van der Waals surface area (Å²) < 4.78 is 10.3. The summed E-state index contributed by atoms with van der Waals surface area (Å²) >= 11 is 0. The van der Waals surface area contributed by atoms with E-state index in [1.165, 1.54) is 7.11 Å². The van der Waals surface area contributed by atoms with E-state index in [1.807, 2.05) is 0 Å². The smallest absolute Gasteiger partial charge is 0.409 e. The van der Waals surface area contributed by atoms with Gasteiger partial charge in [-0.05, 0) is 19.3 Å². The van der Waals surface area contributed by atoms with Gasteiger partial charge in [0, 0.05) is 13.2 Å². The first-order chi connectivity index (χ1) is 6.33. The third-order valence-corrected chi connectivity index (χ3v) is 2.87. The number of rotatable bonds is 0. The minimum Gasteiger partial charge on any atom is -0.453 e. The monoisotopic (exact) mass is 185 g/mol. The maximum absolute atomic E-state index is 11.4. The lowest BCUT2D eigenvalue weighted by molar-refractivity contribution is 0.0244. The van der Waals surface area contributed by atoms with Gasteiger partial charge in [0.25, 0.3) is 0 Å². The summed E-state index contributed by atoms with van der Waals surface area (Å²) in [5, 5.41) is 0. The van der Waals surface area contributed by atoms with E-state index in [9.17, 15) is 4.79 Å². The molecule has 74 valence electrons. The minimum absolute atomic E-state index is 0.208. The Morgan fingerprint density at radius 3 is 3.15 bits per heavy atom. The van der Waals surface area contributed by atoms with Crippen molar-refractivity contribution in [3.05, 3.63) is 0 Å². The van der Waals surface area contributed by atoms with Crippen molar-refractivity contribution in [1.29, 1.82) is 0 Å². The molecule has 2 heterocycles. The first-order valence-electron chi connectivity index (χ1n) is 4.79. The Labute approximate surface area is 77.8 Å². The molecule has 0 unspecified atom stereocenters. The number of ether oxygens (including phenoxy) is 2. The second-order valence-electron chi connectivity index (χ2n) is 3.57. The van der Waals surface area contributed by atoms with Crippen LogP contribution in [-0.4, -0.2) is 43.4 Å². The average Bonchev–Trinajstić information content (AvgIpc) is 2.63. The summed E-state index contributed by atoms with van der Waals surface area (Å²) in [7, 11) is 1.43. The van der Waals surface area contributed by atoms with Crippen molar-refractivity contribution < 1.29 is 14.3 Å². The first-order valence-corrected chi connectivity index (χ1v) is 4.79. The zero-order chi connectivity index (χ0) is 9.26. The largest absolute Gasteiger partial charge is 0.453 e. The van der Waals surface area contributed by atoms with Gasteiger partial charge in [-0.3, -0.25) is 0 Å². The van der Waals surface area contributed by atoms with Crippen LogP contribution in [0.25, 0.3) is 0 Å². The maximum atomic E-state index is 11.4. The molecule has 0 aromatic carbocycles. The fourth-order valence-electron chi connectivity index (χ4n) is 2.24. The molecule has 0 bridgehead atoms. The van der Waals surface area contributed by atoms with E-state index in [0.29, 0.717) is 0 Å². The average molecular weight is 185 g/mol. The van der Waals surface area contributed by atoms with Crippen LogP contribution >= 0.6 is 0 Å². The van der Waals surface area contributed by atoms with Crippen molar-refractivity contribution in [2.45, 2.75) is 31.4 Å². The van der Waals surface area contributed by atoms with Gasteiger partial charge in [0.15, 0.2) is 0 Å². The van der Waals surface area contributed by atoms with E-state index in [0.717, 1.165) is 32.4 Å². The van der Waals surface area contributed by atoms with Crippen LogP contribution < -0.4 is 0 Å². The summed E-state index contributed by atoms with van der Waals surface area (Å²) in [4.78, 5) is 13.2. The molecule has 4 nitrogen and oxygen atoms in total. The van der Waals surface area contributed by atoms with Crippen LogP contribution in [-0.2, 0) is 9.47 Å². The molecule has 2 aliphatic heterocycles. The summed E-state index contributed by atoms with van der Waals surface area (Å²) in [6.07, 6.45) is 3.11. The molecule has 1 amide bonds. The van der Waals surface area contributed by atoms with Gasteiger partial charge in [0.05, 0.1) is 19.3 Å². The van der Waals surface area contributed by atoms with Crippen LogP contribution in [0.5, 0.6) is 0 Å². The number of fused-ring (bicyclic) bond motifs is 1. The van der Waals surface area contributed by atoms with Crippen LogP contribution in [0.1, 0.15) is 19.3 Å². The van der Waals surface area contributed by atoms with Gasteiger partial charge in [-0.15, -0.1) is 0 Å². The fraction of sp³-hybridized carbons (Fsp3) is 0.889. The number of hydrogen-bond acceptors (Lipinski definition) is 3.